The Morgan fingerprint density at radius 2 is 1.82 bits per heavy atom. The molecule has 13 nitrogen and oxygen atoms in total. The van der Waals surface area contributed by atoms with Gasteiger partial charge in [0.2, 0.25) is 10.0 Å². The molecule has 0 aromatic carbocycles. The van der Waals surface area contributed by atoms with Gasteiger partial charge >= 0.3 is 12.2 Å². The average molecular weight is 642 g/mol. The van der Waals surface area contributed by atoms with Gasteiger partial charge in [0.1, 0.15) is 5.82 Å². The summed E-state index contributed by atoms with van der Waals surface area (Å²) >= 11 is 0. The van der Waals surface area contributed by atoms with Crippen LogP contribution in [0.5, 0.6) is 0 Å². The topological polar surface area (TPSA) is 159 Å². The third kappa shape index (κ3) is 8.55. The number of hydrogen-bond donors (Lipinski definition) is 4. The van der Waals surface area contributed by atoms with Crippen molar-refractivity contribution >= 4 is 33.5 Å². The van der Waals surface area contributed by atoms with Gasteiger partial charge in [-0.05, 0) is 38.5 Å². The van der Waals surface area contributed by atoms with Gasteiger partial charge in [-0.2, -0.15) is 17.5 Å². The summed E-state index contributed by atoms with van der Waals surface area (Å²) in [6.07, 6.45) is -2.76. The number of ether oxygens (including phenoxy) is 1. The number of hydrogen-bond acceptors (Lipinski definition) is 7. The van der Waals surface area contributed by atoms with Crippen LogP contribution in [0.1, 0.15) is 41.9 Å². The summed E-state index contributed by atoms with van der Waals surface area (Å²) in [5, 5.41) is 13.4. The number of morpholine rings is 1. The zero-order valence-electron chi connectivity index (χ0n) is 25.1. The summed E-state index contributed by atoms with van der Waals surface area (Å²) in [5.74, 6) is -0.664. The van der Waals surface area contributed by atoms with Crippen LogP contribution in [-0.4, -0.2) is 115 Å². The van der Waals surface area contributed by atoms with E-state index in [1.807, 2.05) is 17.9 Å². The highest BCUT2D eigenvalue weighted by atomic mass is 32.2. The number of amidine groups is 2. The van der Waals surface area contributed by atoms with Crippen LogP contribution in [0, 0.1) is 12.3 Å². The molecule has 2 aliphatic heterocycles. The fraction of sp³-hybridized carbons (Fsp3) is 0.556. The lowest BCUT2D eigenvalue weighted by atomic mass is 10.1. The Balaban J connectivity index is 1.62. The average Bonchev–Trinajstić information content (AvgIpc) is 3.30. The molecule has 0 saturated carbocycles. The number of anilines is 1. The first kappa shape index (κ1) is 33.4. The van der Waals surface area contributed by atoms with E-state index in [0.29, 0.717) is 76.6 Å². The van der Waals surface area contributed by atoms with Gasteiger partial charge in [0.25, 0.3) is 0 Å². The number of aliphatic imine (C=N–C) groups is 1. The molecule has 0 spiro atoms. The monoisotopic (exact) mass is 641 g/mol. The van der Waals surface area contributed by atoms with Gasteiger partial charge < -0.3 is 19.9 Å². The van der Waals surface area contributed by atoms with Crippen LogP contribution in [0.3, 0.4) is 0 Å². The van der Waals surface area contributed by atoms with E-state index in [-0.39, 0.29) is 11.9 Å². The minimum Gasteiger partial charge on any atom is -0.378 e. The second kappa shape index (κ2) is 13.6. The number of nitrogens with zero attached hydrogens (tertiary/aromatic N) is 5. The number of nitrogens with one attached hydrogen (secondary N) is 4. The van der Waals surface area contributed by atoms with E-state index in [4.69, 9.17) is 10.1 Å². The van der Waals surface area contributed by atoms with Crippen molar-refractivity contribution in [1.29, 1.82) is 5.41 Å². The molecule has 2 fully saturated rings. The van der Waals surface area contributed by atoms with Crippen LogP contribution in [0.25, 0.3) is 0 Å². The number of carbonyl (C=O) groups is 1. The standard InChI is InChI=1S/C27H38F3N9O4S/c1-17(2)33-26(40)35-23-14-21(27(28,29)30)20(15-32-23)24(31)36-25(38-9-11-43-12-10-38)22-13-19(18(3)34-22)16-37-5-7-39(8-6-37)44(4,41)42/h13-15,17,31,34H,5-12,16H2,1-4H3,(H2,32,33,35,40). The molecule has 0 radical (unpaired) electrons. The van der Waals surface area contributed by atoms with Crippen molar-refractivity contribution in [2.45, 2.75) is 39.5 Å². The summed E-state index contributed by atoms with van der Waals surface area (Å²) in [4.78, 5) is 27.6. The first-order valence-corrected chi connectivity index (χ1v) is 16.0. The fourth-order valence-corrected chi connectivity index (χ4v) is 5.78. The maximum absolute atomic E-state index is 14.1. The van der Waals surface area contributed by atoms with Crippen molar-refractivity contribution in [3.8, 4) is 0 Å². The Labute approximate surface area is 254 Å². The Hall–Kier alpha value is -3.54. The molecular formula is C27H38F3N9O4S. The molecule has 0 unspecified atom stereocenters. The molecule has 2 amide bonds. The number of aryl methyl sites for hydroxylation is 1. The van der Waals surface area contributed by atoms with Gasteiger partial charge in [0, 0.05) is 69.3 Å². The van der Waals surface area contributed by atoms with Gasteiger partial charge in [0.05, 0.1) is 30.7 Å². The molecule has 242 valence electrons. The number of halogens is 3. The number of aromatic nitrogens is 2. The zero-order chi connectivity index (χ0) is 32.2. The van der Waals surface area contributed by atoms with Crippen LogP contribution < -0.4 is 10.6 Å². The van der Waals surface area contributed by atoms with Crippen molar-refractivity contribution in [2.75, 3.05) is 64.1 Å². The lowest BCUT2D eigenvalue weighted by molar-refractivity contribution is -0.137. The number of aromatic amines is 1. The van der Waals surface area contributed by atoms with E-state index < -0.39 is 39.2 Å². The van der Waals surface area contributed by atoms with E-state index in [1.54, 1.807) is 13.8 Å². The number of piperazine rings is 1. The molecular weight excluding hydrogens is 603 g/mol. The first-order valence-electron chi connectivity index (χ1n) is 14.1. The minimum atomic E-state index is -4.85. The van der Waals surface area contributed by atoms with Crippen LogP contribution in [0.15, 0.2) is 23.3 Å². The highest BCUT2D eigenvalue weighted by molar-refractivity contribution is 7.88. The number of sulfonamides is 1. The van der Waals surface area contributed by atoms with Crippen molar-refractivity contribution in [1.82, 2.24) is 29.4 Å². The molecule has 0 atom stereocenters. The summed E-state index contributed by atoms with van der Waals surface area (Å²) in [6.45, 7) is 9.33. The predicted molar refractivity (Wildman–Crippen MR) is 160 cm³/mol. The first-order chi connectivity index (χ1) is 20.6. The summed E-state index contributed by atoms with van der Waals surface area (Å²) < 4.78 is 73.1. The predicted octanol–water partition coefficient (Wildman–Crippen LogP) is 2.45. The van der Waals surface area contributed by atoms with Crippen LogP contribution in [-0.2, 0) is 27.5 Å². The second-order valence-corrected chi connectivity index (χ2v) is 13.0. The van der Waals surface area contributed by atoms with Crippen molar-refractivity contribution < 1.29 is 31.1 Å². The molecule has 2 aromatic rings. The van der Waals surface area contributed by atoms with Gasteiger partial charge in [-0.25, -0.2) is 23.2 Å². The normalized spacial score (nSPS) is 17.6. The van der Waals surface area contributed by atoms with Gasteiger partial charge in [-0.3, -0.25) is 15.6 Å². The Morgan fingerprint density at radius 1 is 1.16 bits per heavy atom. The molecule has 17 heteroatoms. The van der Waals surface area contributed by atoms with Crippen LogP contribution in [0.2, 0.25) is 0 Å². The maximum atomic E-state index is 14.1. The number of rotatable bonds is 7. The highest BCUT2D eigenvalue weighted by Gasteiger charge is 2.36. The van der Waals surface area contributed by atoms with E-state index in [9.17, 15) is 26.4 Å². The van der Waals surface area contributed by atoms with E-state index >= 15 is 0 Å². The summed E-state index contributed by atoms with van der Waals surface area (Å²) in [6, 6.07) is 1.61. The molecule has 4 N–H and O–H groups in total. The number of alkyl halides is 3. The van der Waals surface area contributed by atoms with Crippen LogP contribution in [0.4, 0.5) is 23.8 Å². The minimum absolute atomic E-state index is 0.236. The molecule has 0 aliphatic carbocycles. The Bertz CT molecular complexity index is 1490. The van der Waals surface area contributed by atoms with Gasteiger partial charge in [-0.15, -0.1) is 0 Å². The molecule has 44 heavy (non-hydrogen) atoms. The van der Waals surface area contributed by atoms with Crippen molar-refractivity contribution in [2.24, 2.45) is 4.99 Å². The van der Waals surface area contributed by atoms with Gasteiger partial charge in [0.15, 0.2) is 11.7 Å². The number of carbonyl (C=O) groups excluding carboxylic acids is 1. The second-order valence-electron chi connectivity index (χ2n) is 11.0. The van der Waals surface area contributed by atoms with E-state index in [2.05, 4.69) is 30.5 Å². The quantitative estimate of drug-likeness (QED) is 0.267. The lowest BCUT2D eigenvalue weighted by Gasteiger charge is -2.33. The Morgan fingerprint density at radius 3 is 2.41 bits per heavy atom. The van der Waals surface area contributed by atoms with Crippen LogP contribution >= 0.6 is 0 Å². The molecule has 4 heterocycles. The van der Waals surface area contributed by atoms with Crippen molar-refractivity contribution in [3.63, 3.8) is 0 Å². The lowest BCUT2D eigenvalue weighted by Crippen LogP contribution is -2.47. The maximum Gasteiger partial charge on any atom is 0.417 e. The van der Waals surface area contributed by atoms with E-state index in [0.717, 1.165) is 17.5 Å². The number of pyridine rings is 1. The molecule has 4 rings (SSSR count). The molecule has 0 bridgehead atoms. The number of H-pyrrole nitrogens is 1. The largest absolute Gasteiger partial charge is 0.417 e. The van der Waals surface area contributed by atoms with Gasteiger partial charge in [-0.1, -0.05) is 0 Å². The zero-order valence-corrected chi connectivity index (χ0v) is 25.9. The SMILES string of the molecule is Cc1[nH]c(C(=NC(=N)c2cnc(NC(=O)NC(C)C)cc2C(F)(F)F)N2CCOCC2)cc1CN1CCN(S(C)(=O)=O)CC1. The highest BCUT2D eigenvalue weighted by Crippen LogP contribution is 2.33. The van der Waals surface area contributed by atoms with E-state index in [1.165, 1.54) is 10.6 Å². The summed E-state index contributed by atoms with van der Waals surface area (Å²) in [7, 11) is -3.26. The Kier molecular flexibility index (Phi) is 10.3. The number of urea groups is 1. The third-order valence-corrected chi connectivity index (χ3v) is 8.51. The molecule has 2 aromatic heterocycles. The molecule has 2 aliphatic rings. The third-order valence-electron chi connectivity index (χ3n) is 7.21. The fourth-order valence-electron chi connectivity index (χ4n) is 4.95. The smallest absolute Gasteiger partial charge is 0.378 e. The summed E-state index contributed by atoms with van der Waals surface area (Å²) in [5.41, 5.74) is 0.590. The number of amides is 2. The molecule has 2 saturated heterocycles. The van der Waals surface area contributed by atoms with Crippen molar-refractivity contribution in [3.05, 3.63) is 46.4 Å².